The zero-order valence-electron chi connectivity index (χ0n) is 13.2. The maximum Gasteiger partial charge on any atom is 0.227 e. The van der Waals surface area contributed by atoms with Crippen LogP contribution < -0.4 is 4.74 Å². The molecule has 0 N–H and O–H groups in total. The Morgan fingerprint density at radius 2 is 2.23 bits per heavy atom. The maximum absolute atomic E-state index is 12.7. The van der Waals surface area contributed by atoms with Crippen LogP contribution in [0, 0.1) is 0 Å². The van der Waals surface area contributed by atoms with Crippen molar-refractivity contribution in [1.29, 1.82) is 0 Å². The van der Waals surface area contributed by atoms with Gasteiger partial charge >= 0.3 is 0 Å². The van der Waals surface area contributed by atoms with Crippen molar-refractivity contribution in [3.8, 4) is 5.75 Å². The summed E-state index contributed by atoms with van der Waals surface area (Å²) >= 11 is 0. The molecule has 3 rings (SSSR count). The molecule has 1 aliphatic heterocycles. The van der Waals surface area contributed by atoms with Crippen LogP contribution in [-0.4, -0.2) is 56.4 Å². The molecular weight excluding hydrogens is 282 g/mol. The molecule has 120 valence electrons. The first-order valence-corrected chi connectivity index (χ1v) is 7.79. The lowest BCUT2D eigenvalue weighted by Gasteiger charge is -2.39. The highest BCUT2D eigenvalue weighted by Crippen LogP contribution is 2.32. The number of rotatable bonds is 4. The second kappa shape index (κ2) is 6.67. The number of benzene rings is 1. The van der Waals surface area contributed by atoms with Gasteiger partial charge in [0, 0.05) is 13.7 Å². The highest BCUT2D eigenvalue weighted by atomic mass is 16.5. The number of hydrogen-bond acceptors (Lipinski definition) is 4. The first kappa shape index (κ1) is 15.3. The van der Waals surface area contributed by atoms with E-state index >= 15 is 0 Å². The molecule has 0 spiro atoms. The zero-order chi connectivity index (χ0) is 15.5. The van der Waals surface area contributed by atoms with E-state index in [4.69, 9.17) is 14.2 Å². The first-order chi connectivity index (χ1) is 10.7. The summed E-state index contributed by atoms with van der Waals surface area (Å²) in [7, 11) is 3.35. The van der Waals surface area contributed by atoms with Gasteiger partial charge in [-0.15, -0.1) is 0 Å². The summed E-state index contributed by atoms with van der Waals surface area (Å²) in [5, 5.41) is 0. The fraction of sp³-hybridized carbons (Fsp3) is 0.588. The minimum absolute atomic E-state index is 0.0213. The largest absolute Gasteiger partial charge is 0.497 e. The van der Waals surface area contributed by atoms with Crippen LogP contribution >= 0.6 is 0 Å². The van der Waals surface area contributed by atoms with E-state index in [0.717, 1.165) is 24.2 Å². The molecule has 0 bridgehead atoms. The molecule has 2 aliphatic rings. The summed E-state index contributed by atoms with van der Waals surface area (Å²) in [5.41, 5.74) is 0.980. The van der Waals surface area contributed by atoms with Gasteiger partial charge in [-0.2, -0.15) is 0 Å². The lowest BCUT2D eigenvalue weighted by atomic mass is 10.1. The molecule has 1 aromatic rings. The smallest absolute Gasteiger partial charge is 0.227 e. The minimum Gasteiger partial charge on any atom is -0.497 e. The minimum atomic E-state index is 0.0213. The third-order valence-corrected chi connectivity index (χ3v) is 4.65. The Hall–Kier alpha value is -1.59. The van der Waals surface area contributed by atoms with Crippen LogP contribution in [0.2, 0.25) is 0 Å². The van der Waals surface area contributed by atoms with Crippen LogP contribution in [0.15, 0.2) is 24.3 Å². The van der Waals surface area contributed by atoms with Gasteiger partial charge in [0.25, 0.3) is 0 Å². The number of fused-ring (bicyclic) bond motifs is 1. The highest BCUT2D eigenvalue weighted by Gasteiger charge is 2.44. The zero-order valence-corrected chi connectivity index (χ0v) is 13.2. The van der Waals surface area contributed by atoms with Crippen LogP contribution in [0.4, 0.5) is 0 Å². The van der Waals surface area contributed by atoms with Crippen LogP contribution in [-0.2, 0) is 20.7 Å². The van der Waals surface area contributed by atoms with Crippen molar-refractivity contribution in [2.75, 3.05) is 27.4 Å². The number of amides is 1. The van der Waals surface area contributed by atoms with Gasteiger partial charge in [0.1, 0.15) is 11.9 Å². The van der Waals surface area contributed by atoms with E-state index in [1.54, 1.807) is 14.2 Å². The quantitative estimate of drug-likeness (QED) is 0.848. The Balaban J connectivity index is 1.69. The third-order valence-electron chi connectivity index (χ3n) is 4.65. The Morgan fingerprint density at radius 3 is 3.00 bits per heavy atom. The van der Waals surface area contributed by atoms with Gasteiger partial charge in [-0.1, -0.05) is 12.1 Å². The molecule has 1 aromatic carbocycles. The third kappa shape index (κ3) is 2.96. The number of ether oxygens (including phenoxy) is 3. The lowest BCUT2D eigenvalue weighted by Crippen LogP contribution is -2.54. The van der Waals surface area contributed by atoms with Crippen LogP contribution in [0.1, 0.15) is 18.4 Å². The molecule has 3 atom stereocenters. The van der Waals surface area contributed by atoms with E-state index in [2.05, 4.69) is 0 Å². The molecule has 5 nitrogen and oxygen atoms in total. The number of morpholine rings is 1. The average Bonchev–Trinajstić information content (AvgIpc) is 2.98. The van der Waals surface area contributed by atoms with Gasteiger partial charge < -0.3 is 19.1 Å². The normalized spacial score (nSPS) is 27.5. The van der Waals surface area contributed by atoms with Crippen molar-refractivity contribution in [1.82, 2.24) is 4.90 Å². The van der Waals surface area contributed by atoms with Crippen molar-refractivity contribution in [2.24, 2.45) is 0 Å². The van der Waals surface area contributed by atoms with E-state index in [-0.39, 0.29) is 24.2 Å². The molecule has 1 saturated heterocycles. The van der Waals surface area contributed by atoms with Crippen molar-refractivity contribution in [3.05, 3.63) is 29.8 Å². The fourth-order valence-electron chi connectivity index (χ4n) is 3.54. The van der Waals surface area contributed by atoms with Crippen molar-refractivity contribution in [2.45, 2.75) is 37.5 Å². The number of carbonyl (C=O) groups excluding carboxylic acids is 1. The SMILES string of the molecule is COc1cccc(CC(=O)N2CCO[C@H]3[C@H](OC)CC[C@@H]32)c1. The molecular formula is C17H23NO4. The van der Waals surface area contributed by atoms with E-state index < -0.39 is 0 Å². The topological polar surface area (TPSA) is 48.0 Å². The summed E-state index contributed by atoms with van der Waals surface area (Å²) in [6, 6.07) is 7.84. The monoisotopic (exact) mass is 305 g/mol. The second-order valence-corrected chi connectivity index (χ2v) is 5.87. The summed E-state index contributed by atoms with van der Waals surface area (Å²) in [4.78, 5) is 14.7. The van der Waals surface area contributed by atoms with E-state index in [1.165, 1.54) is 0 Å². The van der Waals surface area contributed by atoms with Gasteiger partial charge in [0.2, 0.25) is 5.91 Å². The number of carbonyl (C=O) groups is 1. The molecule has 2 fully saturated rings. The van der Waals surface area contributed by atoms with Crippen LogP contribution in [0.5, 0.6) is 5.75 Å². The van der Waals surface area contributed by atoms with Gasteiger partial charge in [-0.3, -0.25) is 4.79 Å². The molecule has 22 heavy (non-hydrogen) atoms. The van der Waals surface area contributed by atoms with Crippen molar-refractivity contribution in [3.63, 3.8) is 0 Å². The standard InChI is InChI=1S/C17H23NO4/c1-20-13-5-3-4-12(10-13)11-16(19)18-8-9-22-17-14(18)6-7-15(17)21-2/h3-5,10,14-15,17H,6-9,11H2,1-2H3/t14-,15+,17+/m0/s1. The Kier molecular flexibility index (Phi) is 4.64. The predicted molar refractivity (Wildman–Crippen MR) is 82.0 cm³/mol. The first-order valence-electron chi connectivity index (χ1n) is 7.79. The van der Waals surface area contributed by atoms with Crippen molar-refractivity contribution >= 4 is 5.91 Å². The number of methoxy groups -OCH3 is 2. The Bertz CT molecular complexity index is 533. The summed E-state index contributed by atoms with van der Waals surface area (Å²) in [5.74, 6) is 0.939. The fourth-order valence-corrected chi connectivity index (χ4v) is 3.54. The van der Waals surface area contributed by atoms with Crippen LogP contribution in [0.3, 0.4) is 0 Å². The van der Waals surface area contributed by atoms with E-state index in [0.29, 0.717) is 19.6 Å². The van der Waals surface area contributed by atoms with Gasteiger partial charge in [0.15, 0.2) is 0 Å². The summed E-state index contributed by atoms with van der Waals surface area (Å²) in [6.07, 6.45) is 2.44. The lowest BCUT2D eigenvalue weighted by molar-refractivity contribution is -0.149. The molecule has 1 amide bonds. The summed E-state index contributed by atoms with van der Waals surface area (Å²) < 4.78 is 16.5. The van der Waals surface area contributed by atoms with Gasteiger partial charge in [-0.05, 0) is 30.5 Å². The molecule has 0 unspecified atom stereocenters. The van der Waals surface area contributed by atoms with E-state index in [1.807, 2.05) is 29.2 Å². The Morgan fingerprint density at radius 1 is 1.36 bits per heavy atom. The molecule has 1 heterocycles. The molecule has 0 radical (unpaired) electrons. The molecule has 1 saturated carbocycles. The van der Waals surface area contributed by atoms with Gasteiger partial charge in [0.05, 0.1) is 32.3 Å². The number of nitrogens with zero attached hydrogens (tertiary/aromatic N) is 1. The Labute approximate surface area is 131 Å². The summed E-state index contributed by atoms with van der Waals surface area (Å²) in [6.45, 7) is 1.26. The van der Waals surface area contributed by atoms with Gasteiger partial charge in [-0.25, -0.2) is 0 Å². The second-order valence-electron chi connectivity index (χ2n) is 5.87. The van der Waals surface area contributed by atoms with E-state index in [9.17, 15) is 4.79 Å². The maximum atomic E-state index is 12.7. The predicted octanol–water partition coefficient (Wildman–Crippen LogP) is 1.64. The molecule has 1 aliphatic carbocycles. The molecule has 5 heteroatoms. The van der Waals surface area contributed by atoms with Crippen LogP contribution in [0.25, 0.3) is 0 Å². The highest BCUT2D eigenvalue weighted by molar-refractivity contribution is 5.79. The van der Waals surface area contributed by atoms with Crippen molar-refractivity contribution < 1.29 is 19.0 Å². The molecule has 0 aromatic heterocycles. The average molecular weight is 305 g/mol. The number of hydrogen-bond donors (Lipinski definition) is 0.